The number of hydrogen-bond acceptors (Lipinski definition) is 4. The summed E-state index contributed by atoms with van der Waals surface area (Å²) in [5.74, 6) is 0.805. The molecule has 0 saturated heterocycles. The molecule has 0 atom stereocenters. The number of carbonyl (C=O) groups is 2. The molecule has 160 valence electrons. The topological polar surface area (TPSA) is 67.9 Å². The van der Waals surface area contributed by atoms with Crippen LogP contribution >= 0.6 is 0 Å². The maximum Gasteiger partial charge on any atom is 0.258 e. The first kappa shape index (κ1) is 22.8. The van der Waals surface area contributed by atoms with Crippen LogP contribution < -0.4 is 14.8 Å². The number of ether oxygens (including phenoxy) is 2. The SMILES string of the molecule is CC=Cc1ccc(OCC(=O)NC2(C(=O)N(CC)CC)CCCCC2)c(OC)c1. The Morgan fingerprint density at radius 3 is 2.41 bits per heavy atom. The highest BCUT2D eigenvalue weighted by atomic mass is 16.5. The van der Waals surface area contributed by atoms with Crippen LogP contribution in [-0.4, -0.2) is 49.1 Å². The Kier molecular flexibility index (Phi) is 8.55. The van der Waals surface area contributed by atoms with Gasteiger partial charge in [-0.25, -0.2) is 0 Å². The molecule has 0 spiro atoms. The van der Waals surface area contributed by atoms with Crippen LogP contribution in [0.2, 0.25) is 0 Å². The minimum Gasteiger partial charge on any atom is -0.493 e. The molecule has 0 radical (unpaired) electrons. The van der Waals surface area contributed by atoms with Gasteiger partial charge >= 0.3 is 0 Å². The molecule has 2 rings (SSSR count). The number of hydrogen-bond donors (Lipinski definition) is 1. The van der Waals surface area contributed by atoms with Gasteiger partial charge in [0.2, 0.25) is 5.91 Å². The van der Waals surface area contributed by atoms with Crippen LogP contribution in [0.1, 0.15) is 58.4 Å². The number of carbonyl (C=O) groups excluding carboxylic acids is 2. The summed E-state index contributed by atoms with van der Waals surface area (Å²) in [5, 5.41) is 3.01. The smallest absolute Gasteiger partial charge is 0.258 e. The average molecular weight is 403 g/mol. The lowest BCUT2D eigenvalue weighted by atomic mass is 9.80. The van der Waals surface area contributed by atoms with Crippen molar-refractivity contribution in [3.05, 3.63) is 29.8 Å². The van der Waals surface area contributed by atoms with Gasteiger partial charge in [0.15, 0.2) is 18.1 Å². The maximum absolute atomic E-state index is 13.1. The summed E-state index contributed by atoms with van der Waals surface area (Å²) < 4.78 is 11.1. The van der Waals surface area contributed by atoms with Crippen LogP contribution in [0, 0.1) is 0 Å². The highest BCUT2D eigenvalue weighted by Crippen LogP contribution is 2.31. The maximum atomic E-state index is 13.1. The zero-order chi connectivity index (χ0) is 21.3. The largest absolute Gasteiger partial charge is 0.493 e. The zero-order valence-corrected chi connectivity index (χ0v) is 18.1. The molecule has 1 saturated carbocycles. The molecular weight excluding hydrogens is 368 g/mol. The van der Waals surface area contributed by atoms with Crippen LogP contribution in [0.25, 0.3) is 6.08 Å². The predicted molar refractivity (Wildman–Crippen MR) is 115 cm³/mol. The Bertz CT molecular complexity index is 720. The number of methoxy groups -OCH3 is 1. The van der Waals surface area contributed by atoms with E-state index in [9.17, 15) is 9.59 Å². The van der Waals surface area contributed by atoms with Gasteiger partial charge in [-0.1, -0.05) is 37.5 Å². The molecule has 1 aromatic rings. The number of benzene rings is 1. The molecule has 1 aliphatic rings. The average Bonchev–Trinajstić information content (AvgIpc) is 2.74. The lowest BCUT2D eigenvalue weighted by molar-refractivity contribution is -0.143. The van der Waals surface area contributed by atoms with Crippen molar-refractivity contribution < 1.29 is 19.1 Å². The number of likely N-dealkylation sites (N-methyl/N-ethyl adjacent to an activating group) is 1. The molecule has 0 unspecified atom stereocenters. The molecule has 1 aromatic carbocycles. The summed E-state index contributed by atoms with van der Waals surface area (Å²) in [7, 11) is 1.57. The Hall–Kier alpha value is -2.50. The predicted octanol–water partition coefficient (Wildman–Crippen LogP) is 3.79. The summed E-state index contributed by atoms with van der Waals surface area (Å²) >= 11 is 0. The van der Waals surface area contributed by atoms with Crippen LogP contribution in [0.3, 0.4) is 0 Å². The summed E-state index contributed by atoms with van der Waals surface area (Å²) in [6.07, 6.45) is 8.23. The second-order valence-electron chi connectivity index (χ2n) is 7.37. The van der Waals surface area contributed by atoms with Gasteiger partial charge in [-0.05, 0) is 51.3 Å². The molecule has 0 aliphatic heterocycles. The van der Waals surface area contributed by atoms with Gasteiger partial charge in [-0.15, -0.1) is 0 Å². The van der Waals surface area contributed by atoms with Gasteiger partial charge in [-0.2, -0.15) is 0 Å². The fraction of sp³-hybridized carbons (Fsp3) is 0.565. The number of nitrogens with one attached hydrogen (secondary N) is 1. The monoisotopic (exact) mass is 402 g/mol. The molecule has 6 nitrogen and oxygen atoms in total. The lowest BCUT2D eigenvalue weighted by Gasteiger charge is -2.40. The van der Waals surface area contributed by atoms with Crippen LogP contribution in [-0.2, 0) is 9.59 Å². The Morgan fingerprint density at radius 1 is 1.14 bits per heavy atom. The third-order valence-corrected chi connectivity index (χ3v) is 5.45. The molecule has 29 heavy (non-hydrogen) atoms. The van der Waals surface area contributed by atoms with E-state index in [1.165, 1.54) is 0 Å². The Morgan fingerprint density at radius 2 is 1.83 bits per heavy atom. The first-order valence-corrected chi connectivity index (χ1v) is 10.5. The van der Waals surface area contributed by atoms with Gasteiger partial charge in [0, 0.05) is 13.1 Å². The second-order valence-corrected chi connectivity index (χ2v) is 7.37. The number of nitrogens with zero attached hydrogens (tertiary/aromatic N) is 1. The van der Waals surface area contributed by atoms with Crippen molar-refractivity contribution in [1.82, 2.24) is 10.2 Å². The lowest BCUT2D eigenvalue weighted by Crippen LogP contribution is -2.61. The van der Waals surface area contributed by atoms with E-state index in [2.05, 4.69) is 5.32 Å². The van der Waals surface area contributed by atoms with Crippen molar-refractivity contribution in [3.8, 4) is 11.5 Å². The van der Waals surface area contributed by atoms with Gasteiger partial charge in [0.05, 0.1) is 7.11 Å². The van der Waals surface area contributed by atoms with Crippen molar-refractivity contribution in [3.63, 3.8) is 0 Å². The van der Waals surface area contributed by atoms with E-state index in [4.69, 9.17) is 9.47 Å². The Labute approximate surface area is 174 Å². The molecule has 6 heteroatoms. The van der Waals surface area contributed by atoms with Gasteiger partial charge in [0.1, 0.15) is 5.54 Å². The molecule has 0 aromatic heterocycles. The van der Waals surface area contributed by atoms with E-state index in [1.807, 2.05) is 45.1 Å². The standard InChI is InChI=1S/C23H34N2O4/c1-5-11-18-12-13-19(20(16-18)28-4)29-17-21(26)24-23(14-9-8-10-15-23)22(27)25(6-2)7-3/h5,11-13,16H,6-10,14-15,17H2,1-4H3,(H,24,26). The molecule has 0 heterocycles. The zero-order valence-electron chi connectivity index (χ0n) is 18.1. The number of allylic oxidation sites excluding steroid dienone is 1. The van der Waals surface area contributed by atoms with Crippen molar-refractivity contribution in [1.29, 1.82) is 0 Å². The first-order chi connectivity index (χ1) is 14.0. The highest BCUT2D eigenvalue weighted by Gasteiger charge is 2.42. The van der Waals surface area contributed by atoms with Crippen molar-refractivity contribution in [2.45, 2.75) is 58.4 Å². The van der Waals surface area contributed by atoms with Crippen LogP contribution in [0.15, 0.2) is 24.3 Å². The fourth-order valence-electron chi connectivity index (χ4n) is 3.91. The summed E-state index contributed by atoms with van der Waals surface area (Å²) in [6.45, 7) is 6.99. The number of amides is 2. The highest BCUT2D eigenvalue weighted by molar-refractivity contribution is 5.92. The first-order valence-electron chi connectivity index (χ1n) is 10.5. The molecule has 2 amide bonds. The van der Waals surface area contributed by atoms with Gasteiger partial charge in [0.25, 0.3) is 5.91 Å². The van der Waals surface area contributed by atoms with E-state index in [0.717, 1.165) is 24.8 Å². The van der Waals surface area contributed by atoms with Crippen molar-refractivity contribution in [2.24, 2.45) is 0 Å². The molecule has 0 bridgehead atoms. The summed E-state index contributed by atoms with van der Waals surface area (Å²) in [5.41, 5.74) is 0.178. The quantitative estimate of drug-likeness (QED) is 0.682. The minimum atomic E-state index is -0.815. The van der Waals surface area contributed by atoms with Crippen LogP contribution in [0.5, 0.6) is 11.5 Å². The third kappa shape index (κ3) is 5.75. The Balaban J connectivity index is 2.08. The van der Waals surface area contributed by atoms with E-state index < -0.39 is 5.54 Å². The minimum absolute atomic E-state index is 0.0174. The number of rotatable bonds is 9. The molecular formula is C23H34N2O4. The van der Waals surface area contributed by atoms with E-state index in [-0.39, 0.29) is 18.4 Å². The van der Waals surface area contributed by atoms with Crippen molar-refractivity contribution in [2.75, 3.05) is 26.8 Å². The van der Waals surface area contributed by atoms with Crippen molar-refractivity contribution >= 4 is 17.9 Å². The normalized spacial score (nSPS) is 15.7. The van der Waals surface area contributed by atoms with Gasteiger partial charge < -0.3 is 19.7 Å². The summed E-state index contributed by atoms with van der Waals surface area (Å²) in [6, 6.07) is 5.56. The van der Waals surface area contributed by atoms with Crippen LogP contribution in [0.4, 0.5) is 0 Å². The van der Waals surface area contributed by atoms with Gasteiger partial charge in [-0.3, -0.25) is 9.59 Å². The fourth-order valence-corrected chi connectivity index (χ4v) is 3.91. The third-order valence-electron chi connectivity index (χ3n) is 5.45. The molecule has 1 aliphatic carbocycles. The van der Waals surface area contributed by atoms with E-state index >= 15 is 0 Å². The molecule has 1 N–H and O–H groups in total. The van der Waals surface area contributed by atoms with E-state index in [0.29, 0.717) is 37.4 Å². The van der Waals surface area contributed by atoms with E-state index in [1.54, 1.807) is 18.1 Å². The second kappa shape index (κ2) is 10.9. The molecule has 1 fully saturated rings. The summed E-state index contributed by atoms with van der Waals surface area (Å²) in [4.78, 5) is 27.6.